The van der Waals surface area contributed by atoms with Gasteiger partial charge in [-0.05, 0) is 18.6 Å². The Balaban J connectivity index is 1.96. The van der Waals surface area contributed by atoms with Gasteiger partial charge < -0.3 is 20.2 Å². The number of benzene rings is 1. The Kier molecular flexibility index (Phi) is 4.95. The highest BCUT2D eigenvalue weighted by Crippen LogP contribution is 2.26. The van der Waals surface area contributed by atoms with Gasteiger partial charge in [-0.3, -0.25) is 0 Å². The fourth-order valence-electron chi connectivity index (χ4n) is 2.41. The van der Waals surface area contributed by atoms with Crippen molar-refractivity contribution in [3.63, 3.8) is 0 Å². The van der Waals surface area contributed by atoms with Crippen molar-refractivity contribution in [1.82, 2.24) is 10.2 Å². The van der Waals surface area contributed by atoms with E-state index < -0.39 is 11.6 Å². The number of nitrogens with one attached hydrogen (secondary N) is 1. The number of hydrogen-bond acceptors (Lipinski definition) is 3. The smallest absolute Gasteiger partial charge is 0.317 e. The van der Waals surface area contributed by atoms with Crippen LogP contribution in [-0.2, 0) is 0 Å². The van der Waals surface area contributed by atoms with Crippen LogP contribution in [0.3, 0.4) is 0 Å². The Morgan fingerprint density at radius 2 is 2.14 bits per heavy atom. The molecule has 116 valence electrons. The number of likely N-dealkylation sites (N-methyl/N-ethyl adjacent to an activating group) is 1. The van der Waals surface area contributed by atoms with Crippen LogP contribution >= 0.6 is 0 Å². The van der Waals surface area contributed by atoms with E-state index >= 15 is 0 Å². The van der Waals surface area contributed by atoms with E-state index in [0.29, 0.717) is 19.5 Å². The zero-order valence-electron chi connectivity index (χ0n) is 11.9. The molecule has 1 atom stereocenters. The van der Waals surface area contributed by atoms with E-state index in [1.165, 1.54) is 23.1 Å². The van der Waals surface area contributed by atoms with Crippen LogP contribution in [0.5, 0.6) is 0 Å². The molecular formula is C14H19F2N3O2. The number of halogens is 2. The zero-order valence-corrected chi connectivity index (χ0v) is 11.9. The summed E-state index contributed by atoms with van der Waals surface area (Å²) in [4.78, 5) is 14.8. The molecule has 1 unspecified atom stereocenters. The number of para-hydroxylation sites is 1. The third-order valence-electron chi connectivity index (χ3n) is 3.55. The van der Waals surface area contributed by atoms with Crippen LogP contribution in [0.2, 0.25) is 0 Å². The molecule has 0 aromatic heterocycles. The molecule has 0 aliphatic carbocycles. The third kappa shape index (κ3) is 3.60. The number of aliphatic hydroxyl groups excluding tert-OH is 1. The molecule has 1 heterocycles. The van der Waals surface area contributed by atoms with Crippen molar-refractivity contribution in [2.75, 3.05) is 38.2 Å². The lowest BCUT2D eigenvalue weighted by molar-refractivity contribution is 0.188. The fourth-order valence-corrected chi connectivity index (χ4v) is 2.41. The van der Waals surface area contributed by atoms with Crippen LogP contribution < -0.4 is 10.2 Å². The molecule has 1 saturated heterocycles. The van der Waals surface area contributed by atoms with Crippen molar-refractivity contribution in [3.8, 4) is 0 Å². The van der Waals surface area contributed by atoms with Crippen molar-refractivity contribution < 1.29 is 18.7 Å². The lowest BCUT2D eigenvalue weighted by atomic mass is 10.2. The second-order valence-corrected chi connectivity index (χ2v) is 5.10. The number of nitrogens with zero attached hydrogens (tertiary/aromatic N) is 2. The summed E-state index contributed by atoms with van der Waals surface area (Å²) in [6.45, 7) is 0.967. The second-order valence-electron chi connectivity index (χ2n) is 5.10. The van der Waals surface area contributed by atoms with E-state index in [4.69, 9.17) is 5.11 Å². The topological polar surface area (TPSA) is 55.8 Å². The van der Waals surface area contributed by atoms with E-state index in [2.05, 4.69) is 5.32 Å². The van der Waals surface area contributed by atoms with E-state index in [-0.39, 0.29) is 30.9 Å². The molecule has 21 heavy (non-hydrogen) atoms. The lowest BCUT2D eigenvalue weighted by Gasteiger charge is -2.22. The first-order valence-electron chi connectivity index (χ1n) is 6.84. The van der Waals surface area contributed by atoms with Gasteiger partial charge in [-0.1, -0.05) is 6.07 Å². The molecule has 2 N–H and O–H groups in total. The number of carbonyl (C=O) groups excluding carboxylic acids is 1. The van der Waals surface area contributed by atoms with Crippen molar-refractivity contribution in [3.05, 3.63) is 29.8 Å². The summed E-state index contributed by atoms with van der Waals surface area (Å²) < 4.78 is 27.4. The molecule has 1 aromatic carbocycles. The number of urea groups is 1. The molecule has 1 aliphatic heterocycles. The molecule has 0 radical (unpaired) electrons. The van der Waals surface area contributed by atoms with Crippen molar-refractivity contribution >= 4 is 11.7 Å². The Labute approximate surface area is 122 Å². The van der Waals surface area contributed by atoms with E-state index in [9.17, 15) is 13.6 Å². The largest absolute Gasteiger partial charge is 0.395 e. The Morgan fingerprint density at radius 3 is 2.76 bits per heavy atom. The van der Waals surface area contributed by atoms with Gasteiger partial charge in [0.05, 0.1) is 6.61 Å². The first kappa shape index (κ1) is 15.5. The number of aliphatic hydroxyl groups is 1. The van der Waals surface area contributed by atoms with Gasteiger partial charge in [0.15, 0.2) is 0 Å². The van der Waals surface area contributed by atoms with Crippen LogP contribution in [0.25, 0.3) is 0 Å². The molecule has 1 aliphatic rings. The number of hydrogen-bond donors (Lipinski definition) is 2. The summed E-state index contributed by atoms with van der Waals surface area (Å²) in [5, 5.41) is 11.6. The highest BCUT2D eigenvalue weighted by atomic mass is 19.1. The molecule has 2 amide bonds. The molecule has 0 saturated carbocycles. The molecule has 2 rings (SSSR count). The van der Waals surface area contributed by atoms with Gasteiger partial charge in [0.25, 0.3) is 0 Å². The molecule has 5 nitrogen and oxygen atoms in total. The average molecular weight is 299 g/mol. The predicted molar refractivity (Wildman–Crippen MR) is 75.2 cm³/mol. The summed E-state index contributed by atoms with van der Waals surface area (Å²) in [6, 6.07) is 3.30. The van der Waals surface area contributed by atoms with Crippen molar-refractivity contribution in [2.45, 2.75) is 12.5 Å². The number of carbonyl (C=O) groups is 1. The van der Waals surface area contributed by atoms with Crippen LogP contribution in [0, 0.1) is 11.6 Å². The Morgan fingerprint density at radius 1 is 1.48 bits per heavy atom. The summed E-state index contributed by atoms with van der Waals surface area (Å²) >= 11 is 0. The minimum Gasteiger partial charge on any atom is -0.395 e. The summed E-state index contributed by atoms with van der Waals surface area (Å²) in [5.74, 6) is -1.20. The molecule has 0 bridgehead atoms. The van der Waals surface area contributed by atoms with Crippen LogP contribution in [0.15, 0.2) is 18.2 Å². The predicted octanol–water partition coefficient (Wildman–Crippen LogP) is 1.18. The molecular weight excluding hydrogens is 280 g/mol. The van der Waals surface area contributed by atoms with Gasteiger partial charge in [-0.25, -0.2) is 13.6 Å². The van der Waals surface area contributed by atoms with Gasteiger partial charge in [0.1, 0.15) is 17.3 Å². The molecule has 7 heteroatoms. The van der Waals surface area contributed by atoms with Crippen LogP contribution in [0.1, 0.15) is 6.42 Å². The maximum atomic E-state index is 13.7. The highest BCUT2D eigenvalue weighted by molar-refractivity contribution is 5.74. The highest BCUT2D eigenvalue weighted by Gasteiger charge is 2.28. The monoisotopic (exact) mass is 299 g/mol. The quantitative estimate of drug-likeness (QED) is 0.878. The number of anilines is 1. The normalized spacial score (nSPS) is 17.9. The fraction of sp³-hybridized carbons (Fsp3) is 0.500. The van der Waals surface area contributed by atoms with Gasteiger partial charge in [0, 0.05) is 32.7 Å². The van der Waals surface area contributed by atoms with E-state index in [1.807, 2.05) is 0 Å². The van der Waals surface area contributed by atoms with Crippen molar-refractivity contribution in [2.24, 2.45) is 0 Å². The second kappa shape index (κ2) is 6.71. The van der Waals surface area contributed by atoms with Gasteiger partial charge in [-0.15, -0.1) is 0 Å². The standard InChI is InChI=1S/C14H19F2N3O2/c1-18(7-8-20)14(21)17-10-5-6-19(9-10)13-11(15)3-2-4-12(13)16/h2-4,10,20H,5-9H2,1H3,(H,17,21). The first-order chi connectivity index (χ1) is 10.0. The summed E-state index contributed by atoms with van der Waals surface area (Å²) in [5.41, 5.74) is -0.0436. The lowest BCUT2D eigenvalue weighted by Crippen LogP contribution is -2.45. The summed E-state index contributed by atoms with van der Waals surface area (Å²) in [6.07, 6.45) is 0.618. The zero-order chi connectivity index (χ0) is 15.4. The SMILES string of the molecule is CN(CCO)C(=O)NC1CCN(c2c(F)cccc2F)C1. The Bertz CT molecular complexity index is 493. The average Bonchev–Trinajstić information content (AvgIpc) is 2.87. The van der Waals surface area contributed by atoms with Crippen molar-refractivity contribution in [1.29, 1.82) is 0 Å². The van der Waals surface area contributed by atoms with E-state index in [0.717, 1.165) is 0 Å². The molecule has 0 spiro atoms. The van der Waals surface area contributed by atoms with Gasteiger partial charge in [0.2, 0.25) is 0 Å². The van der Waals surface area contributed by atoms with Crippen LogP contribution in [-0.4, -0.2) is 55.4 Å². The molecule has 1 fully saturated rings. The molecule has 1 aromatic rings. The van der Waals surface area contributed by atoms with Gasteiger partial charge in [-0.2, -0.15) is 0 Å². The number of amides is 2. The maximum Gasteiger partial charge on any atom is 0.317 e. The van der Waals surface area contributed by atoms with E-state index in [1.54, 1.807) is 11.9 Å². The van der Waals surface area contributed by atoms with Crippen LogP contribution in [0.4, 0.5) is 19.3 Å². The Hall–Kier alpha value is -1.89. The first-order valence-corrected chi connectivity index (χ1v) is 6.84. The maximum absolute atomic E-state index is 13.7. The summed E-state index contributed by atoms with van der Waals surface area (Å²) in [7, 11) is 1.58. The third-order valence-corrected chi connectivity index (χ3v) is 3.55. The minimum absolute atomic E-state index is 0.0436. The van der Waals surface area contributed by atoms with Gasteiger partial charge >= 0.3 is 6.03 Å². The number of rotatable bonds is 4. The minimum atomic E-state index is -0.598.